The molecule has 0 bridgehead atoms. The lowest BCUT2D eigenvalue weighted by atomic mass is 9.99. The quantitative estimate of drug-likeness (QED) is 0.687. The van der Waals surface area contributed by atoms with Gasteiger partial charge in [-0.2, -0.15) is 0 Å². The highest BCUT2D eigenvalue weighted by atomic mass is 16.5. The zero-order valence-corrected chi connectivity index (χ0v) is 19.3. The third-order valence-corrected chi connectivity index (χ3v) is 6.21. The van der Waals surface area contributed by atoms with E-state index in [4.69, 9.17) is 4.74 Å². The van der Waals surface area contributed by atoms with Crippen molar-refractivity contribution in [1.29, 1.82) is 0 Å². The zero-order valence-electron chi connectivity index (χ0n) is 19.3. The number of benzene rings is 2. The summed E-state index contributed by atoms with van der Waals surface area (Å²) in [6.45, 7) is 14.5. The average molecular weight is 409 g/mol. The van der Waals surface area contributed by atoms with Crippen molar-refractivity contribution in [3.8, 4) is 5.75 Å². The molecule has 2 aromatic carbocycles. The Morgan fingerprint density at radius 2 is 1.83 bits per heavy atom. The van der Waals surface area contributed by atoms with E-state index in [1.165, 1.54) is 24.1 Å². The van der Waals surface area contributed by atoms with Gasteiger partial charge in [-0.05, 0) is 93.8 Å². The van der Waals surface area contributed by atoms with Crippen molar-refractivity contribution in [1.82, 2.24) is 5.32 Å². The van der Waals surface area contributed by atoms with Crippen LogP contribution in [0.5, 0.6) is 5.75 Å². The summed E-state index contributed by atoms with van der Waals surface area (Å²) < 4.78 is 6.00. The summed E-state index contributed by atoms with van der Waals surface area (Å²) in [5.74, 6) is 1.43. The maximum Gasteiger partial charge on any atom is 0.261 e. The third kappa shape index (κ3) is 5.35. The molecule has 0 saturated carbocycles. The molecule has 1 aliphatic rings. The molecule has 30 heavy (non-hydrogen) atoms. The summed E-state index contributed by atoms with van der Waals surface area (Å²) in [5.41, 5.74) is 5.76. The number of hydrogen-bond donors (Lipinski definition) is 1. The number of carbonyl (C=O) groups is 1. The molecule has 1 fully saturated rings. The second kappa shape index (κ2) is 9.55. The van der Waals surface area contributed by atoms with E-state index >= 15 is 0 Å². The first-order valence-corrected chi connectivity index (χ1v) is 11.1. The van der Waals surface area contributed by atoms with Crippen molar-refractivity contribution in [2.24, 2.45) is 5.92 Å². The van der Waals surface area contributed by atoms with E-state index in [0.717, 1.165) is 41.4 Å². The second-order valence-corrected chi connectivity index (χ2v) is 8.98. The van der Waals surface area contributed by atoms with Crippen molar-refractivity contribution >= 4 is 11.6 Å². The maximum absolute atomic E-state index is 12.7. The number of anilines is 1. The smallest absolute Gasteiger partial charge is 0.261 e. The summed E-state index contributed by atoms with van der Waals surface area (Å²) in [6.07, 6.45) is 2.02. The Morgan fingerprint density at radius 1 is 1.13 bits per heavy atom. The number of rotatable bonds is 6. The number of nitrogens with zero attached hydrogens (tertiary/aromatic N) is 1. The first-order chi connectivity index (χ1) is 14.2. The Kier molecular flexibility index (Phi) is 7.06. The largest absolute Gasteiger partial charge is 0.481 e. The van der Waals surface area contributed by atoms with E-state index < -0.39 is 6.10 Å². The maximum atomic E-state index is 12.7. The van der Waals surface area contributed by atoms with Gasteiger partial charge in [-0.1, -0.05) is 25.1 Å². The van der Waals surface area contributed by atoms with Gasteiger partial charge in [0.2, 0.25) is 0 Å². The van der Waals surface area contributed by atoms with E-state index in [-0.39, 0.29) is 11.9 Å². The van der Waals surface area contributed by atoms with Crippen LogP contribution in [-0.2, 0) is 4.79 Å². The van der Waals surface area contributed by atoms with Gasteiger partial charge >= 0.3 is 0 Å². The zero-order chi connectivity index (χ0) is 21.8. The Morgan fingerprint density at radius 3 is 2.50 bits per heavy atom. The van der Waals surface area contributed by atoms with Crippen molar-refractivity contribution < 1.29 is 9.53 Å². The third-order valence-electron chi connectivity index (χ3n) is 6.21. The van der Waals surface area contributed by atoms with Crippen LogP contribution < -0.4 is 15.0 Å². The van der Waals surface area contributed by atoms with Gasteiger partial charge in [0.05, 0.1) is 6.04 Å². The minimum Gasteiger partial charge on any atom is -0.481 e. The molecule has 0 spiro atoms. The van der Waals surface area contributed by atoms with Gasteiger partial charge in [-0.25, -0.2) is 0 Å². The summed E-state index contributed by atoms with van der Waals surface area (Å²) in [5, 5.41) is 3.09. The topological polar surface area (TPSA) is 41.6 Å². The molecule has 1 saturated heterocycles. The molecule has 3 atom stereocenters. The van der Waals surface area contributed by atoms with Crippen LogP contribution >= 0.6 is 0 Å². The van der Waals surface area contributed by atoms with Gasteiger partial charge in [0.25, 0.3) is 5.91 Å². The SMILES string of the molecule is Cc1cc(C)c(C)c(OC(C)C(=O)NC(C)c2ccc(N3CCCC(C)C3)cc2)c1. The molecule has 3 rings (SSSR count). The molecule has 2 aromatic rings. The number of amides is 1. The van der Waals surface area contributed by atoms with Crippen LogP contribution in [0.2, 0.25) is 0 Å². The van der Waals surface area contributed by atoms with Gasteiger partial charge in [0.1, 0.15) is 5.75 Å². The molecular formula is C26H36N2O2. The fourth-order valence-electron chi connectivity index (χ4n) is 4.18. The first kappa shape index (κ1) is 22.2. The van der Waals surface area contributed by atoms with E-state index in [9.17, 15) is 4.79 Å². The van der Waals surface area contributed by atoms with Crippen LogP contribution in [0.25, 0.3) is 0 Å². The number of nitrogens with one attached hydrogen (secondary N) is 1. The van der Waals surface area contributed by atoms with Crippen molar-refractivity contribution in [3.05, 3.63) is 58.7 Å². The van der Waals surface area contributed by atoms with E-state index in [0.29, 0.717) is 0 Å². The summed E-state index contributed by atoms with van der Waals surface area (Å²) in [4.78, 5) is 15.2. The highest BCUT2D eigenvalue weighted by molar-refractivity contribution is 5.81. The summed E-state index contributed by atoms with van der Waals surface area (Å²) in [7, 11) is 0. The fraction of sp³-hybridized carbons (Fsp3) is 0.500. The normalized spacial score (nSPS) is 18.6. The molecule has 1 amide bonds. The molecule has 1 aliphatic heterocycles. The minimum atomic E-state index is -0.554. The van der Waals surface area contributed by atoms with E-state index in [2.05, 4.69) is 54.4 Å². The molecule has 3 unspecified atom stereocenters. The molecular weight excluding hydrogens is 372 g/mol. The van der Waals surface area contributed by atoms with Crippen molar-refractivity contribution in [2.75, 3.05) is 18.0 Å². The van der Waals surface area contributed by atoms with Crippen LogP contribution in [0, 0.1) is 26.7 Å². The lowest BCUT2D eigenvalue weighted by Crippen LogP contribution is -2.38. The number of piperidine rings is 1. The van der Waals surface area contributed by atoms with Crippen LogP contribution in [0.1, 0.15) is 61.9 Å². The number of hydrogen-bond acceptors (Lipinski definition) is 3. The fourth-order valence-corrected chi connectivity index (χ4v) is 4.18. The second-order valence-electron chi connectivity index (χ2n) is 8.98. The number of aryl methyl sites for hydroxylation is 2. The van der Waals surface area contributed by atoms with Gasteiger partial charge in [-0.3, -0.25) is 4.79 Å². The van der Waals surface area contributed by atoms with E-state index in [1.807, 2.05) is 26.8 Å². The Balaban J connectivity index is 1.59. The monoisotopic (exact) mass is 408 g/mol. The van der Waals surface area contributed by atoms with Gasteiger partial charge in [0.15, 0.2) is 6.10 Å². The highest BCUT2D eigenvalue weighted by Crippen LogP contribution is 2.26. The minimum absolute atomic E-state index is 0.0711. The molecule has 1 heterocycles. The van der Waals surface area contributed by atoms with Crippen LogP contribution in [-0.4, -0.2) is 25.1 Å². The van der Waals surface area contributed by atoms with Crippen LogP contribution in [0.3, 0.4) is 0 Å². The predicted octanol–water partition coefficient (Wildman–Crippen LogP) is 5.49. The summed E-state index contributed by atoms with van der Waals surface area (Å²) >= 11 is 0. The molecule has 0 radical (unpaired) electrons. The molecule has 4 nitrogen and oxygen atoms in total. The molecule has 0 aliphatic carbocycles. The molecule has 1 N–H and O–H groups in total. The lowest BCUT2D eigenvalue weighted by Gasteiger charge is -2.33. The Labute approximate surface area is 181 Å². The van der Waals surface area contributed by atoms with Crippen LogP contribution in [0.15, 0.2) is 36.4 Å². The summed E-state index contributed by atoms with van der Waals surface area (Å²) in [6, 6.07) is 12.7. The Hall–Kier alpha value is -2.49. The predicted molar refractivity (Wildman–Crippen MR) is 124 cm³/mol. The number of carbonyl (C=O) groups excluding carboxylic acids is 1. The highest BCUT2D eigenvalue weighted by Gasteiger charge is 2.20. The molecule has 162 valence electrons. The average Bonchev–Trinajstić information content (AvgIpc) is 2.71. The van der Waals surface area contributed by atoms with Crippen molar-refractivity contribution in [3.63, 3.8) is 0 Å². The molecule has 4 heteroatoms. The van der Waals surface area contributed by atoms with Gasteiger partial charge in [-0.15, -0.1) is 0 Å². The number of ether oxygens (including phenoxy) is 1. The van der Waals surface area contributed by atoms with Crippen molar-refractivity contribution in [2.45, 2.75) is 66.5 Å². The van der Waals surface area contributed by atoms with Gasteiger partial charge in [0, 0.05) is 18.8 Å². The lowest BCUT2D eigenvalue weighted by molar-refractivity contribution is -0.127. The van der Waals surface area contributed by atoms with Crippen LogP contribution in [0.4, 0.5) is 5.69 Å². The Bertz CT molecular complexity index is 875. The first-order valence-electron chi connectivity index (χ1n) is 11.1. The standard InChI is InChI=1S/C26H36N2O2/c1-17-8-7-13-28(16-17)24-11-9-23(10-12-24)21(5)27-26(29)22(6)30-25-15-18(2)14-19(3)20(25)4/h9-12,14-15,17,21-22H,7-8,13,16H2,1-6H3,(H,27,29). The molecule has 0 aromatic heterocycles. The van der Waals surface area contributed by atoms with Gasteiger partial charge < -0.3 is 15.0 Å². The van der Waals surface area contributed by atoms with E-state index in [1.54, 1.807) is 6.92 Å².